The van der Waals surface area contributed by atoms with E-state index in [4.69, 9.17) is 5.73 Å². The molecule has 0 bridgehead atoms. The van der Waals surface area contributed by atoms with E-state index in [1.54, 1.807) is 0 Å². The Kier molecular flexibility index (Phi) is 4.62. The first-order valence-electron chi connectivity index (χ1n) is 7.38. The molecule has 1 aliphatic heterocycles. The van der Waals surface area contributed by atoms with Crippen molar-refractivity contribution in [2.45, 2.75) is 63.5 Å². The molecule has 1 saturated carbocycles. The van der Waals surface area contributed by atoms with Gasteiger partial charge in [-0.1, -0.05) is 12.8 Å². The second-order valence-electron chi connectivity index (χ2n) is 6.22. The second-order valence-corrected chi connectivity index (χ2v) is 6.22. The van der Waals surface area contributed by atoms with Crippen LogP contribution in [0.3, 0.4) is 0 Å². The van der Waals surface area contributed by atoms with Gasteiger partial charge in [-0.05, 0) is 45.7 Å². The van der Waals surface area contributed by atoms with Crippen LogP contribution in [-0.2, 0) is 4.79 Å². The average molecular weight is 253 g/mol. The molecule has 2 aliphatic rings. The number of rotatable bonds is 5. The molecular weight excluding hydrogens is 226 g/mol. The summed E-state index contributed by atoms with van der Waals surface area (Å²) in [5.41, 5.74) is 6.00. The lowest BCUT2D eigenvalue weighted by molar-refractivity contribution is -0.122. The van der Waals surface area contributed by atoms with Crippen molar-refractivity contribution < 1.29 is 4.79 Å². The van der Waals surface area contributed by atoms with Crippen molar-refractivity contribution in [2.24, 2.45) is 5.73 Å². The van der Waals surface area contributed by atoms with E-state index >= 15 is 0 Å². The smallest absolute Gasteiger partial charge is 0.222 e. The molecule has 0 aromatic rings. The van der Waals surface area contributed by atoms with Crippen LogP contribution >= 0.6 is 0 Å². The summed E-state index contributed by atoms with van der Waals surface area (Å²) in [4.78, 5) is 14.4. The SMILES string of the molecule is CC(CN1CCCC1)NC(=O)CC1(N)CCCC1. The Bertz CT molecular complexity index is 281. The molecule has 1 amide bonds. The van der Waals surface area contributed by atoms with Gasteiger partial charge in [0.2, 0.25) is 5.91 Å². The number of likely N-dealkylation sites (tertiary alicyclic amines) is 1. The fourth-order valence-corrected chi connectivity index (χ4v) is 3.30. The monoisotopic (exact) mass is 253 g/mol. The maximum Gasteiger partial charge on any atom is 0.222 e. The van der Waals surface area contributed by atoms with Crippen LogP contribution in [0.4, 0.5) is 0 Å². The summed E-state index contributed by atoms with van der Waals surface area (Å²) in [5, 5.41) is 3.10. The maximum atomic E-state index is 12.0. The predicted molar refractivity (Wildman–Crippen MR) is 73.3 cm³/mol. The predicted octanol–water partition coefficient (Wildman–Crippen LogP) is 1.25. The molecule has 4 heteroatoms. The minimum atomic E-state index is -0.225. The first-order valence-corrected chi connectivity index (χ1v) is 7.38. The molecule has 4 nitrogen and oxygen atoms in total. The van der Waals surface area contributed by atoms with Crippen LogP contribution in [-0.4, -0.2) is 42.0 Å². The highest BCUT2D eigenvalue weighted by Gasteiger charge is 2.32. The van der Waals surface area contributed by atoms with Crippen LogP contribution in [0.5, 0.6) is 0 Å². The highest BCUT2D eigenvalue weighted by molar-refractivity contribution is 5.77. The number of nitrogens with zero attached hydrogens (tertiary/aromatic N) is 1. The minimum absolute atomic E-state index is 0.131. The molecule has 1 saturated heterocycles. The summed E-state index contributed by atoms with van der Waals surface area (Å²) in [6, 6.07) is 0.237. The van der Waals surface area contributed by atoms with Crippen LogP contribution in [0, 0.1) is 0 Å². The first kappa shape index (κ1) is 13.8. The fraction of sp³-hybridized carbons (Fsp3) is 0.929. The van der Waals surface area contributed by atoms with Gasteiger partial charge in [-0.3, -0.25) is 4.79 Å². The third-order valence-electron chi connectivity index (χ3n) is 4.25. The van der Waals surface area contributed by atoms with E-state index in [-0.39, 0.29) is 17.5 Å². The molecule has 1 atom stereocenters. The van der Waals surface area contributed by atoms with Crippen molar-refractivity contribution >= 4 is 5.91 Å². The van der Waals surface area contributed by atoms with Crippen LogP contribution in [0.25, 0.3) is 0 Å². The maximum absolute atomic E-state index is 12.0. The molecule has 0 spiro atoms. The topological polar surface area (TPSA) is 58.4 Å². The second kappa shape index (κ2) is 6.02. The van der Waals surface area contributed by atoms with Gasteiger partial charge in [0.25, 0.3) is 0 Å². The van der Waals surface area contributed by atoms with Gasteiger partial charge in [-0.15, -0.1) is 0 Å². The van der Waals surface area contributed by atoms with Gasteiger partial charge in [0.15, 0.2) is 0 Å². The lowest BCUT2D eigenvalue weighted by atomic mass is 9.94. The Balaban J connectivity index is 1.69. The summed E-state index contributed by atoms with van der Waals surface area (Å²) in [6.07, 6.45) is 7.44. The molecule has 0 aromatic carbocycles. The first-order chi connectivity index (χ1) is 8.57. The molecule has 1 aliphatic carbocycles. The van der Waals surface area contributed by atoms with Crippen LogP contribution in [0.1, 0.15) is 51.9 Å². The van der Waals surface area contributed by atoms with Crippen molar-refractivity contribution in [1.82, 2.24) is 10.2 Å². The quantitative estimate of drug-likeness (QED) is 0.775. The molecule has 104 valence electrons. The number of carbonyl (C=O) groups excluding carboxylic acids is 1. The number of amides is 1. The standard InChI is InChI=1S/C14H27N3O/c1-12(11-17-8-4-5-9-17)16-13(18)10-14(15)6-2-3-7-14/h12H,2-11,15H2,1H3,(H,16,18). The highest BCUT2D eigenvalue weighted by Crippen LogP contribution is 2.29. The number of hydrogen-bond donors (Lipinski definition) is 2. The van der Waals surface area contributed by atoms with Gasteiger partial charge in [-0.2, -0.15) is 0 Å². The van der Waals surface area contributed by atoms with Crippen molar-refractivity contribution in [1.29, 1.82) is 0 Å². The Labute approximate surface area is 110 Å². The molecule has 1 heterocycles. The van der Waals surface area contributed by atoms with Gasteiger partial charge < -0.3 is 16.0 Å². The van der Waals surface area contributed by atoms with E-state index in [0.29, 0.717) is 6.42 Å². The molecule has 3 N–H and O–H groups in total. The van der Waals surface area contributed by atoms with Crippen molar-refractivity contribution in [3.8, 4) is 0 Å². The third-order valence-corrected chi connectivity index (χ3v) is 4.25. The van der Waals surface area contributed by atoms with E-state index in [2.05, 4.69) is 17.1 Å². The van der Waals surface area contributed by atoms with E-state index in [1.807, 2.05) is 0 Å². The van der Waals surface area contributed by atoms with Crippen molar-refractivity contribution in [3.63, 3.8) is 0 Å². The zero-order valence-corrected chi connectivity index (χ0v) is 11.6. The third kappa shape index (κ3) is 3.95. The van der Waals surface area contributed by atoms with E-state index in [0.717, 1.165) is 19.4 Å². The van der Waals surface area contributed by atoms with Gasteiger partial charge in [0.1, 0.15) is 0 Å². The number of nitrogens with two attached hydrogens (primary N) is 1. The lowest BCUT2D eigenvalue weighted by Crippen LogP contribution is -2.46. The van der Waals surface area contributed by atoms with Crippen LogP contribution in [0.15, 0.2) is 0 Å². The summed E-state index contributed by atoms with van der Waals surface area (Å²) >= 11 is 0. The Morgan fingerprint density at radius 2 is 1.89 bits per heavy atom. The Morgan fingerprint density at radius 3 is 2.50 bits per heavy atom. The number of carbonyl (C=O) groups is 1. The molecule has 18 heavy (non-hydrogen) atoms. The molecular formula is C14H27N3O. The molecule has 0 aromatic heterocycles. The van der Waals surface area contributed by atoms with E-state index < -0.39 is 0 Å². The van der Waals surface area contributed by atoms with Gasteiger partial charge in [0.05, 0.1) is 0 Å². The van der Waals surface area contributed by atoms with E-state index in [1.165, 1.54) is 38.8 Å². The minimum Gasteiger partial charge on any atom is -0.352 e. The largest absolute Gasteiger partial charge is 0.352 e. The highest BCUT2D eigenvalue weighted by atomic mass is 16.1. The average Bonchev–Trinajstić information content (AvgIpc) is 2.89. The Hall–Kier alpha value is -0.610. The lowest BCUT2D eigenvalue weighted by Gasteiger charge is -2.25. The molecule has 1 unspecified atom stereocenters. The van der Waals surface area contributed by atoms with Gasteiger partial charge in [0, 0.05) is 24.5 Å². The molecule has 0 radical (unpaired) electrons. The number of hydrogen-bond acceptors (Lipinski definition) is 3. The number of nitrogens with one attached hydrogen (secondary N) is 1. The zero-order chi connectivity index (χ0) is 13.0. The van der Waals surface area contributed by atoms with Gasteiger partial charge in [-0.25, -0.2) is 0 Å². The van der Waals surface area contributed by atoms with Crippen molar-refractivity contribution in [3.05, 3.63) is 0 Å². The van der Waals surface area contributed by atoms with Crippen LogP contribution in [0.2, 0.25) is 0 Å². The summed E-state index contributed by atoms with van der Waals surface area (Å²) < 4.78 is 0. The summed E-state index contributed by atoms with van der Waals surface area (Å²) in [5.74, 6) is 0.131. The Morgan fingerprint density at radius 1 is 1.28 bits per heavy atom. The normalized spacial score (nSPS) is 25.2. The van der Waals surface area contributed by atoms with Crippen LogP contribution < -0.4 is 11.1 Å². The van der Waals surface area contributed by atoms with Gasteiger partial charge >= 0.3 is 0 Å². The van der Waals surface area contributed by atoms with Crippen molar-refractivity contribution in [2.75, 3.05) is 19.6 Å². The summed E-state index contributed by atoms with van der Waals surface area (Å²) in [6.45, 7) is 5.43. The molecule has 2 rings (SSSR count). The fourth-order valence-electron chi connectivity index (χ4n) is 3.30. The molecule has 2 fully saturated rings. The zero-order valence-electron chi connectivity index (χ0n) is 11.6. The summed E-state index contributed by atoms with van der Waals surface area (Å²) in [7, 11) is 0. The van der Waals surface area contributed by atoms with E-state index in [9.17, 15) is 4.79 Å².